The van der Waals surface area contributed by atoms with Crippen LogP contribution in [0.1, 0.15) is 46.0 Å². The molecule has 2 aromatic rings. The lowest BCUT2D eigenvalue weighted by Gasteiger charge is -2.23. The monoisotopic (exact) mass is 371 g/mol. The van der Waals surface area contributed by atoms with E-state index < -0.39 is 0 Å². The number of guanidine groups is 1. The number of benzene rings is 1. The van der Waals surface area contributed by atoms with Crippen LogP contribution in [0.15, 0.2) is 41.7 Å². The van der Waals surface area contributed by atoms with E-state index in [1.165, 1.54) is 0 Å². The van der Waals surface area contributed by atoms with E-state index in [4.69, 9.17) is 4.74 Å². The van der Waals surface area contributed by atoms with E-state index in [-0.39, 0.29) is 5.60 Å². The number of aromatic nitrogens is 2. The molecule has 1 aromatic carbocycles. The number of ether oxygens (including phenoxy) is 1. The van der Waals surface area contributed by atoms with Gasteiger partial charge in [0.15, 0.2) is 5.96 Å². The van der Waals surface area contributed by atoms with Gasteiger partial charge < -0.3 is 19.9 Å². The highest BCUT2D eigenvalue weighted by molar-refractivity contribution is 5.79. The van der Waals surface area contributed by atoms with Gasteiger partial charge in [0.1, 0.15) is 17.2 Å². The summed E-state index contributed by atoms with van der Waals surface area (Å²) >= 11 is 0. The van der Waals surface area contributed by atoms with Crippen LogP contribution < -0.4 is 15.4 Å². The molecule has 2 N–H and O–H groups in total. The molecule has 6 heteroatoms. The van der Waals surface area contributed by atoms with E-state index >= 15 is 0 Å². The third-order valence-electron chi connectivity index (χ3n) is 3.84. The molecule has 0 aliphatic heterocycles. The maximum Gasteiger partial charge on any atom is 0.191 e. The van der Waals surface area contributed by atoms with Gasteiger partial charge in [0, 0.05) is 38.1 Å². The molecule has 1 aromatic heterocycles. The zero-order valence-electron chi connectivity index (χ0n) is 17.4. The summed E-state index contributed by atoms with van der Waals surface area (Å²) in [6.07, 6.45) is 3.86. The van der Waals surface area contributed by atoms with Crippen molar-refractivity contribution in [2.24, 2.45) is 10.9 Å². The van der Waals surface area contributed by atoms with Crippen molar-refractivity contribution in [2.45, 2.75) is 59.9 Å². The Morgan fingerprint density at radius 1 is 1.19 bits per heavy atom. The topological polar surface area (TPSA) is 63.5 Å². The lowest BCUT2D eigenvalue weighted by Crippen LogP contribution is -2.37. The highest BCUT2D eigenvalue weighted by Gasteiger charge is 2.14. The summed E-state index contributed by atoms with van der Waals surface area (Å²) in [4.78, 5) is 8.76. The normalized spacial score (nSPS) is 12.3. The number of hydrogen-bond donors (Lipinski definition) is 2. The molecule has 148 valence electrons. The van der Waals surface area contributed by atoms with Gasteiger partial charge in [0.25, 0.3) is 0 Å². The predicted molar refractivity (Wildman–Crippen MR) is 111 cm³/mol. The minimum atomic E-state index is -0.233. The zero-order valence-corrected chi connectivity index (χ0v) is 17.4. The zero-order chi connectivity index (χ0) is 19.9. The molecule has 0 amide bonds. The average Bonchev–Trinajstić information content (AvgIpc) is 3.01. The van der Waals surface area contributed by atoms with Gasteiger partial charge in [-0.05, 0) is 32.8 Å². The molecule has 2 rings (SSSR count). The summed E-state index contributed by atoms with van der Waals surface area (Å²) in [6, 6.07) is 8.08. The van der Waals surface area contributed by atoms with Crippen molar-refractivity contribution in [3.63, 3.8) is 0 Å². The summed E-state index contributed by atoms with van der Waals surface area (Å²) in [7, 11) is 1.77. The molecule has 0 aliphatic rings. The molecule has 0 aliphatic carbocycles. The van der Waals surface area contributed by atoms with E-state index in [9.17, 15) is 0 Å². The standard InChI is InChI=1S/C21H33N5O/c1-16(2)15-26-12-11-23-19(26)14-25-20(22-6)24-13-17-9-7-8-10-18(17)27-21(3,4)5/h7-12,16H,13-15H2,1-6H3,(H2,22,24,25). The van der Waals surface area contributed by atoms with Crippen molar-refractivity contribution >= 4 is 5.96 Å². The van der Waals surface area contributed by atoms with E-state index in [0.717, 1.165) is 29.6 Å². The molecule has 0 saturated heterocycles. The number of para-hydroxylation sites is 1. The van der Waals surface area contributed by atoms with Gasteiger partial charge >= 0.3 is 0 Å². The van der Waals surface area contributed by atoms with Gasteiger partial charge in [-0.25, -0.2) is 4.98 Å². The fourth-order valence-corrected chi connectivity index (χ4v) is 2.71. The second-order valence-electron chi connectivity index (χ2n) is 7.99. The van der Waals surface area contributed by atoms with Gasteiger partial charge in [0.2, 0.25) is 0 Å². The highest BCUT2D eigenvalue weighted by atomic mass is 16.5. The van der Waals surface area contributed by atoms with Crippen LogP contribution in [0.3, 0.4) is 0 Å². The SMILES string of the molecule is CN=C(NCc1ccccc1OC(C)(C)C)NCc1nccn1CC(C)C. The van der Waals surface area contributed by atoms with Crippen LogP contribution in [0.2, 0.25) is 0 Å². The highest BCUT2D eigenvalue weighted by Crippen LogP contribution is 2.22. The van der Waals surface area contributed by atoms with Crippen molar-refractivity contribution in [1.82, 2.24) is 20.2 Å². The summed E-state index contributed by atoms with van der Waals surface area (Å²) in [5.74, 6) is 3.21. The van der Waals surface area contributed by atoms with Crippen LogP contribution in [0.5, 0.6) is 5.75 Å². The Morgan fingerprint density at radius 2 is 1.89 bits per heavy atom. The van der Waals surface area contributed by atoms with Gasteiger partial charge in [-0.2, -0.15) is 0 Å². The van der Waals surface area contributed by atoms with Gasteiger partial charge in [-0.15, -0.1) is 0 Å². The molecule has 0 saturated carbocycles. The Kier molecular flexibility index (Phi) is 7.28. The number of hydrogen-bond acceptors (Lipinski definition) is 3. The third-order valence-corrected chi connectivity index (χ3v) is 3.84. The Balaban J connectivity index is 1.94. The minimum Gasteiger partial charge on any atom is -0.488 e. The Bertz CT molecular complexity index is 743. The minimum absolute atomic E-state index is 0.233. The van der Waals surface area contributed by atoms with Gasteiger partial charge in [-0.1, -0.05) is 32.0 Å². The smallest absolute Gasteiger partial charge is 0.191 e. The summed E-state index contributed by atoms with van der Waals surface area (Å²) < 4.78 is 8.23. The molecular weight excluding hydrogens is 338 g/mol. The molecule has 0 radical (unpaired) electrons. The first kappa shape index (κ1) is 20.8. The second kappa shape index (κ2) is 9.44. The van der Waals surface area contributed by atoms with Crippen LogP contribution in [0.25, 0.3) is 0 Å². The van der Waals surface area contributed by atoms with E-state index in [1.807, 2.05) is 30.6 Å². The lowest BCUT2D eigenvalue weighted by molar-refractivity contribution is 0.129. The van der Waals surface area contributed by atoms with Gasteiger partial charge in [0.05, 0.1) is 6.54 Å². The first-order valence-electron chi connectivity index (χ1n) is 9.50. The maximum atomic E-state index is 6.06. The molecule has 27 heavy (non-hydrogen) atoms. The van der Waals surface area contributed by atoms with Crippen molar-refractivity contribution in [1.29, 1.82) is 0 Å². The largest absolute Gasteiger partial charge is 0.488 e. The first-order chi connectivity index (χ1) is 12.8. The number of imidazole rings is 1. The molecule has 0 bridgehead atoms. The summed E-state index contributed by atoms with van der Waals surface area (Å²) in [5, 5.41) is 6.69. The first-order valence-corrected chi connectivity index (χ1v) is 9.50. The van der Waals surface area contributed by atoms with Crippen LogP contribution in [0, 0.1) is 5.92 Å². The van der Waals surface area contributed by atoms with E-state index in [1.54, 1.807) is 7.05 Å². The molecule has 1 heterocycles. The Labute approximate surface area is 163 Å². The van der Waals surface area contributed by atoms with Crippen LogP contribution >= 0.6 is 0 Å². The average molecular weight is 372 g/mol. The maximum absolute atomic E-state index is 6.06. The number of rotatable bonds is 7. The molecule has 0 unspecified atom stereocenters. The van der Waals surface area contributed by atoms with E-state index in [2.05, 4.69) is 65.9 Å². The Hall–Kier alpha value is -2.50. The van der Waals surface area contributed by atoms with Crippen molar-refractivity contribution in [2.75, 3.05) is 7.05 Å². The fraction of sp³-hybridized carbons (Fsp3) is 0.524. The van der Waals surface area contributed by atoms with E-state index in [0.29, 0.717) is 19.0 Å². The van der Waals surface area contributed by atoms with Crippen molar-refractivity contribution in [3.8, 4) is 5.75 Å². The van der Waals surface area contributed by atoms with Gasteiger partial charge in [-0.3, -0.25) is 4.99 Å². The number of nitrogens with one attached hydrogen (secondary N) is 2. The molecule has 0 spiro atoms. The van der Waals surface area contributed by atoms with Crippen LogP contribution in [-0.2, 0) is 19.6 Å². The molecular formula is C21H33N5O. The van der Waals surface area contributed by atoms with Crippen LogP contribution in [-0.4, -0.2) is 28.2 Å². The summed E-state index contributed by atoms with van der Waals surface area (Å²) in [5.41, 5.74) is 0.862. The fourth-order valence-electron chi connectivity index (χ4n) is 2.71. The van der Waals surface area contributed by atoms with Crippen molar-refractivity contribution < 1.29 is 4.74 Å². The van der Waals surface area contributed by atoms with Crippen molar-refractivity contribution in [3.05, 3.63) is 48.0 Å². The molecule has 0 fully saturated rings. The third kappa shape index (κ3) is 6.96. The number of aliphatic imine (C=N–C) groups is 1. The lowest BCUT2D eigenvalue weighted by atomic mass is 10.1. The molecule has 6 nitrogen and oxygen atoms in total. The second-order valence-corrected chi connectivity index (χ2v) is 7.99. The Morgan fingerprint density at radius 3 is 2.56 bits per heavy atom. The summed E-state index contributed by atoms with van der Waals surface area (Å²) in [6.45, 7) is 12.8. The quantitative estimate of drug-likeness (QED) is 0.577. The predicted octanol–water partition coefficient (Wildman–Crippen LogP) is 3.58. The van der Waals surface area contributed by atoms with Crippen LogP contribution in [0.4, 0.5) is 0 Å². The molecule has 0 atom stereocenters. The number of nitrogens with zero attached hydrogens (tertiary/aromatic N) is 3.